The molecule has 0 saturated heterocycles. The number of aromatic hydroxyl groups is 1. The van der Waals surface area contributed by atoms with Crippen LogP contribution in [-0.4, -0.2) is 11.3 Å². The van der Waals surface area contributed by atoms with Crippen molar-refractivity contribution in [2.24, 2.45) is 4.99 Å². The van der Waals surface area contributed by atoms with Gasteiger partial charge in [0.15, 0.2) is 0 Å². The topological polar surface area (TPSA) is 56.4 Å². The minimum atomic E-state index is 0.229. The molecule has 1 aromatic heterocycles. The van der Waals surface area contributed by atoms with Crippen LogP contribution < -0.4 is 0 Å². The van der Waals surface area contributed by atoms with Crippen molar-refractivity contribution >= 4 is 22.6 Å². The second-order valence-corrected chi connectivity index (χ2v) is 5.13. The van der Waals surface area contributed by atoms with Crippen LogP contribution in [-0.2, 0) is 0 Å². The number of thiophene rings is 1. The maximum Gasteiger partial charge on any atom is 0.134 e. The normalized spacial score (nSPS) is 10.7. The lowest BCUT2D eigenvalue weighted by molar-refractivity contribution is 0.475. The molecule has 90 valence electrons. The van der Waals surface area contributed by atoms with Gasteiger partial charge >= 0.3 is 0 Å². The van der Waals surface area contributed by atoms with Crippen LogP contribution in [0.25, 0.3) is 0 Å². The zero-order valence-electron chi connectivity index (χ0n) is 10.1. The van der Waals surface area contributed by atoms with E-state index in [9.17, 15) is 5.11 Å². The molecule has 0 amide bonds. The lowest BCUT2D eigenvalue weighted by Gasteiger charge is -1.93. The number of nitrogens with zero attached hydrogens (tertiary/aromatic N) is 2. The summed E-state index contributed by atoms with van der Waals surface area (Å²) in [4.78, 5) is 5.46. The second kappa shape index (κ2) is 5.03. The molecule has 1 N–H and O–H groups in total. The van der Waals surface area contributed by atoms with Crippen LogP contribution in [0.15, 0.2) is 29.3 Å². The number of hydrogen-bond donors (Lipinski definition) is 1. The number of nitriles is 1. The van der Waals surface area contributed by atoms with Crippen LogP contribution in [0.5, 0.6) is 5.75 Å². The molecule has 1 heterocycles. The van der Waals surface area contributed by atoms with E-state index in [-0.39, 0.29) is 5.75 Å². The summed E-state index contributed by atoms with van der Waals surface area (Å²) in [5, 5.41) is 19.0. The smallest absolute Gasteiger partial charge is 0.134 e. The Balaban J connectivity index is 2.32. The quantitative estimate of drug-likeness (QED) is 0.833. The molecule has 0 unspecified atom stereocenters. The van der Waals surface area contributed by atoms with Crippen molar-refractivity contribution in [2.45, 2.75) is 13.8 Å². The first-order valence-electron chi connectivity index (χ1n) is 5.45. The fraction of sp³-hybridized carbons (Fsp3) is 0.143. The average Bonchev–Trinajstić information content (AvgIpc) is 2.64. The zero-order valence-corrected chi connectivity index (χ0v) is 11.0. The molecule has 0 fully saturated rings. The molecule has 2 aromatic rings. The average molecular weight is 256 g/mol. The van der Waals surface area contributed by atoms with Gasteiger partial charge < -0.3 is 5.11 Å². The summed E-state index contributed by atoms with van der Waals surface area (Å²) in [5.74, 6) is 0.229. The molecule has 0 aliphatic carbocycles. The van der Waals surface area contributed by atoms with Crippen molar-refractivity contribution in [1.82, 2.24) is 0 Å². The van der Waals surface area contributed by atoms with Crippen molar-refractivity contribution in [1.29, 1.82) is 5.26 Å². The number of rotatable bonds is 2. The fourth-order valence-corrected chi connectivity index (χ4v) is 2.48. The van der Waals surface area contributed by atoms with Gasteiger partial charge in [0.25, 0.3) is 0 Å². The Kier molecular flexibility index (Phi) is 3.45. The number of benzene rings is 1. The van der Waals surface area contributed by atoms with Crippen LogP contribution in [0.1, 0.15) is 21.6 Å². The van der Waals surface area contributed by atoms with E-state index in [0.717, 1.165) is 21.0 Å². The van der Waals surface area contributed by atoms with Gasteiger partial charge in [0.2, 0.25) is 0 Å². The third-order valence-corrected chi connectivity index (χ3v) is 3.82. The molecule has 0 spiro atoms. The molecule has 0 atom stereocenters. The zero-order chi connectivity index (χ0) is 13.1. The second-order valence-electron chi connectivity index (χ2n) is 3.92. The minimum Gasteiger partial charge on any atom is -0.508 e. The van der Waals surface area contributed by atoms with Crippen LogP contribution in [0.4, 0.5) is 5.00 Å². The summed E-state index contributed by atoms with van der Waals surface area (Å²) in [7, 11) is 0. The number of aryl methyl sites for hydroxylation is 1. The van der Waals surface area contributed by atoms with E-state index in [1.807, 2.05) is 13.8 Å². The molecule has 0 bridgehead atoms. The number of phenols is 1. The van der Waals surface area contributed by atoms with E-state index >= 15 is 0 Å². The van der Waals surface area contributed by atoms with Gasteiger partial charge in [0.1, 0.15) is 16.8 Å². The summed E-state index contributed by atoms with van der Waals surface area (Å²) >= 11 is 1.52. The molecule has 1 aromatic carbocycles. The molecular weight excluding hydrogens is 244 g/mol. The van der Waals surface area contributed by atoms with Gasteiger partial charge in [-0.2, -0.15) is 5.26 Å². The molecule has 2 rings (SSSR count). The Morgan fingerprint density at radius 3 is 2.56 bits per heavy atom. The van der Waals surface area contributed by atoms with Crippen LogP contribution in [0.3, 0.4) is 0 Å². The first kappa shape index (κ1) is 12.3. The van der Waals surface area contributed by atoms with Gasteiger partial charge in [-0.25, -0.2) is 4.99 Å². The molecular formula is C14H12N2OS. The van der Waals surface area contributed by atoms with Crippen LogP contribution in [0, 0.1) is 25.2 Å². The van der Waals surface area contributed by atoms with E-state index in [1.54, 1.807) is 30.5 Å². The highest BCUT2D eigenvalue weighted by atomic mass is 32.1. The SMILES string of the molecule is Cc1sc(/N=C/c2ccc(O)cc2)c(C#N)c1C. The van der Waals surface area contributed by atoms with E-state index < -0.39 is 0 Å². The van der Waals surface area contributed by atoms with Crippen LogP contribution >= 0.6 is 11.3 Å². The largest absolute Gasteiger partial charge is 0.508 e. The highest BCUT2D eigenvalue weighted by Gasteiger charge is 2.10. The molecule has 18 heavy (non-hydrogen) atoms. The predicted octanol–water partition coefficient (Wildman–Crippen LogP) is 3.69. The Morgan fingerprint density at radius 2 is 1.94 bits per heavy atom. The van der Waals surface area contributed by atoms with Crippen molar-refractivity contribution in [2.75, 3.05) is 0 Å². The fourth-order valence-electron chi connectivity index (χ4n) is 1.53. The predicted molar refractivity (Wildman–Crippen MR) is 73.9 cm³/mol. The first-order valence-corrected chi connectivity index (χ1v) is 6.26. The van der Waals surface area contributed by atoms with E-state index in [4.69, 9.17) is 5.26 Å². The summed E-state index contributed by atoms with van der Waals surface area (Å²) < 4.78 is 0. The Morgan fingerprint density at radius 1 is 1.28 bits per heavy atom. The van der Waals surface area contributed by atoms with E-state index in [1.165, 1.54) is 11.3 Å². The summed E-state index contributed by atoms with van der Waals surface area (Å²) in [6.45, 7) is 3.92. The lowest BCUT2D eigenvalue weighted by Crippen LogP contribution is -1.79. The maximum absolute atomic E-state index is 9.18. The van der Waals surface area contributed by atoms with Gasteiger partial charge in [-0.3, -0.25) is 0 Å². The van der Waals surface area contributed by atoms with Crippen molar-refractivity contribution < 1.29 is 5.11 Å². The molecule has 4 heteroatoms. The Bertz CT molecular complexity index is 633. The van der Waals surface area contributed by atoms with E-state index in [0.29, 0.717) is 5.56 Å². The molecule has 0 radical (unpaired) electrons. The van der Waals surface area contributed by atoms with Crippen molar-refractivity contribution in [3.63, 3.8) is 0 Å². The third kappa shape index (κ3) is 2.41. The van der Waals surface area contributed by atoms with Gasteiger partial charge in [-0.05, 0) is 49.2 Å². The molecule has 0 saturated carbocycles. The number of hydrogen-bond acceptors (Lipinski definition) is 4. The van der Waals surface area contributed by atoms with Gasteiger partial charge in [0.05, 0.1) is 5.56 Å². The third-order valence-electron chi connectivity index (χ3n) is 2.70. The maximum atomic E-state index is 9.18. The summed E-state index contributed by atoms with van der Waals surface area (Å²) in [5.41, 5.74) is 2.54. The highest BCUT2D eigenvalue weighted by Crippen LogP contribution is 2.33. The minimum absolute atomic E-state index is 0.229. The lowest BCUT2D eigenvalue weighted by atomic mass is 10.2. The number of phenolic OH excluding ortho intramolecular Hbond substituents is 1. The first-order chi connectivity index (χ1) is 8.61. The van der Waals surface area contributed by atoms with E-state index in [2.05, 4.69) is 11.1 Å². The molecule has 3 nitrogen and oxygen atoms in total. The van der Waals surface area contributed by atoms with Gasteiger partial charge in [-0.15, -0.1) is 11.3 Å². The van der Waals surface area contributed by atoms with Crippen molar-refractivity contribution in [3.8, 4) is 11.8 Å². The number of aliphatic imine (C=N–C) groups is 1. The monoisotopic (exact) mass is 256 g/mol. The molecule has 0 aliphatic heterocycles. The van der Waals surface area contributed by atoms with Crippen LogP contribution in [0.2, 0.25) is 0 Å². The Labute approximate surface area is 110 Å². The van der Waals surface area contributed by atoms with Crippen molar-refractivity contribution in [3.05, 3.63) is 45.8 Å². The van der Waals surface area contributed by atoms with Gasteiger partial charge in [-0.1, -0.05) is 0 Å². The summed E-state index contributed by atoms with van der Waals surface area (Å²) in [6, 6.07) is 8.96. The molecule has 0 aliphatic rings. The Hall–Kier alpha value is -2.12. The van der Waals surface area contributed by atoms with Gasteiger partial charge in [0, 0.05) is 11.1 Å². The highest BCUT2D eigenvalue weighted by molar-refractivity contribution is 7.16. The summed E-state index contributed by atoms with van der Waals surface area (Å²) in [6.07, 6.45) is 1.70. The standard InChI is InChI=1S/C14H12N2OS/c1-9-10(2)18-14(13(9)7-15)16-8-11-3-5-12(17)6-4-11/h3-6,8,17H,1-2H3/b16-8+.